The van der Waals surface area contributed by atoms with Crippen LogP contribution >= 0.6 is 0 Å². The second-order valence-electron chi connectivity index (χ2n) is 8.21. The molecule has 3 aliphatic rings. The molecular formula is C19H31N3O4S. The molecule has 1 aliphatic carbocycles. The molecule has 8 heteroatoms. The van der Waals surface area contributed by atoms with Crippen LogP contribution in [0.1, 0.15) is 44.2 Å². The molecule has 2 saturated heterocycles. The smallest absolute Gasteiger partial charge is 0.227 e. The van der Waals surface area contributed by atoms with Crippen LogP contribution in [0.15, 0.2) is 11.4 Å². The average Bonchev–Trinajstić information content (AvgIpc) is 3.15. The predicted molar refractivity (Wildman–Crippen MR) is 101 cm³/mol. The standard InChI is InChI=1S/C19H31N3O4S/c1-25-17-6-8-21(9-7-17)12-16-11-20-19(27(23,24)14-15-4-5-15)22(16)13-18-3-2-10-26-18/h11,15,17-18H,2-10,12-14H2,1H3. The highest BCUT2D eigenvalue weighted by Crippen LogP contribution is 2.32. The van der Waals surface area contributed by atoms with Crippen LogP contribution in [-0.2, 0) is 32.4 Å². The number of aromatic nitrogens is 2. The molecule has 7 nitrogen and oxygen atoms in total. The summed E-state index contributed by atoms with van der Waals surface area (Å²) in [4.78, 5) is 6.75. The van der Waals surface area contributed by atoms with Crippen LogP contribution in [0.3, 0.4) is 0 Å². The van der Waals surface area contributed by atoms with Gasteiger partial charge in [-0.25, -0.2) is 13.4 Å². The fourth-order valence-electron chi connectivity index (χ4n) is 4.16. The van der Waals surface area contributed by atoms with E-state index in [4.69, 9.17) is 9.47 Å². The second kappa shape index (κ2) is 8.19. The lowest BCUT2D eigenvalue weighted by atomic mass is 10.1. The largest absolute Gasteiger partial charge is 0.381 e. The Kier molecular flexibility index (Phi) is 5.87. The van der Waals surface area contributed by atoms with E-state index in [-0.39, 0.29) is 17.0 Å². The normalized spacial score (nSPS) is 25.3. The maximum absolute atomic E-state index is 12.9. The Balaban J connectivity index is 1.53. The van der Waals surface area contributed by atoms with Crippen LogP contribution in [0, 0.1) is 5.92 Å². The Labute approximate surface area is 162 Å². The summed E-state index contributed by atoms with van der Waals surface area (Å²) in [5.74, 6) is 0.549. The van der Waals surface area contributed by atoms with Gasteiger partial charge in [-0.1, -0.05) is 0 Å². The molecule has 0 aromatic carbocycles. The van der Waals surface area contributed by atoms with Crippen molar-refractivity contribution >= 4 is 9.84 Å². The van der Waals surface area contributed by atoms with Crippen LogP contribution < -0.4 is 0 Å². The molecule has 27 heavy (non-hydrogen) atoms. The molecule has 0 radical (unpaired) electrons. The Morgan fingerprint density at radius 1 is 1.22 bits per heavy atom. The highest BCUT2D eigenvalue weighted by atomic mass is 32.2. The topological polar surface area (TPSA) is 73.7 Å². The number of imidazole rings is 1. The Bertz CT molecular complexity index is 730. The SMILES string of the molecule is COC1CCN(Cc2cnc(S(=O)(=O)CC3CC3)n2CC2CCCO2)CC1. The maximum atomic E-state index is 12.9. The van der Waals surface area contributed by atoms with E-state index >= 15 is 0 Å². The van der Waals surface area contributed by atoms with Gasteiger partial charge in [-0.3, -0.25) is 4.90 Å². The molecule has 1 aromatic heterocycles. The second-order valence-corrected chi connectivity index (χ2v) is 10.1. The third-order valence-electron chi connectivity index (χ3n) is 6.00. The Morgan fingerprint density at radius 2 is 2.00 bits per heavy atom. The Morgan fingerprint density at radius 3 is 2.63 bits per heavy atom. The molecule has 0 N–H and O–H groups in total. The number of sulfone groups is 1. The zero-order chi connectivity index (χ0) is 18.9. The lowest BCUT2D eigenvalue weighted by molar-refractivity contribution is 0.0377. The molecule has 2 aliphatic heterocycles. The zero-order valence-electron chi connectivity index (χ0n) is 16.2. The summed E-state index contributed by atoms with van der Waals surface area (Å²) in [6, 6.07) is 0. The quantitative estimate of drug-likeness (QED) is 0.667. The van der Waals surface area contributed by atoms with Gasteiger partial charge >= 0.3 is 0 Å². The van der Waals surface area contributed by atoms with E-state index in [1.807, 2.05) is 4.57 Å². The van der Waals surface area contributed by atoms with Crippen LogP contribution in [0.25, 0.3) is 0 Å². The van der Waals surface area contributed by atoms with E-state index in [2.05, 4.69) is 9.88 Å². The van der Waals surface area contributed by atoms with Crippen molar-refractivity contribution in [3.05, 3.63) is 11.9 Å². The number of piperidine rings is 1. The van der Waals surface area contributed by atoms with Crippen molar-refractivity contribution in [3.63, 3.8) is 0 Å². The van der Waals surface area contributed by atoms with E-state index in [1.165, 1.54) is 0 Å². The van der Waals surface area contributed by atoms with Crippen molar-refractivity contribution in [3.8, 4) is 0 Å². The molecule has 1 atom stereocenters. The first kappa shape index (κ1) is 19.4. The molecule has 152 valence electrons. The minimum absolute atomic E-state index is 0.0899. The third kappa shape index (κ3) is 4.72. The van der Waals surface area contributed by atoms with Crippen molar-refractivity contribution < 1.29 is 17.9 Å². The summed E-state index contributed by atoms with van der Waals surface area (Å²) in [5.41, 5.74) is 0.982. The van der Waals surface area contributed by atoms with Gasteiger partial charge in [0.05, 0.1) is 36.4 Å². The number of likely N-dealkylation sites (tertiary alicyclic amines) is 1. The lowest BCUT2D eigenvalue weighted by Gasteiger charge is -2.31. The van der Waals surface area contributed by atoms with Gasteiger partial charge in [0.15, 0.2) is 0 Å². The van der Waals surface area contributed by atoms with Crippen molar-refractivity contribution in [2.45, 2.75) is 69.0 Å². The molecule has 1 unspecified atom stereocenters. The fourth-order valence-corrected chi connectivity index (χ4v) is 6.00. The molecular weight excluding hydrogens is 366 g/mol. The van der Waals surface area contributed by atoms with Gasteiger partial charge in [0.25, 0.3) is 0 Å². The van der Waals surface area contributed by atoms with E-state index in [9.17, 15) is 8.42 Å². The minimum atomic E-state index is -3.34. The average molecular weight is 398 g/mol. The third-order valence-corrected chi connectivity index (χ3v) is 7.79. The molecule has 3 fully saturated rings. The number of hydrogen-bond donors (Lipinski definition) is 0. The van der Waals surface area contributed by atoms with Crippen LogP contribution in [0.4, 0.5) is 0 Å². The highest BCUT2D eigenvalue weighted by molar-refractivity contribution is 7.91. The first-order chi connectivity index (χ1) is 13.0. The van der Waals surface area contributed by atoms with E-state index < -0.39 is 9.84 Å². The number of methoxy groups -OCH3 is 1. The zero-order valence-corrected chi connectivity index (χ0v) is 17.0. The molecule has 4 rings (SSSR count). The van der Waals surface area contributed by atoms with E-state index in [0.29, 0.717) is 18.6 Å². The molecule has 0 bridgehead atoms. The summed E-state index contributed by atoms with van der Waals surface area (Å²) in [6.07, 6.45) is 8.30. The van der Waals surface area contributed by atoms with E-state index in [0.717, 1.165) is 70.5 Å². The monoisotopic (exact) mass is 397 g/mol. The minimum Gasteiger partial charge on any atom is -0.381 e. The summed E-state index contributed by atoms with van der Waals surface area (Å²) >= 11 is 0. The summed E-state index contributed by atoms with van der Waals surface area (Å²) in [7, 11) is -1.57. The van der Waals surface area contributed by atoms with Crippen LogP contribution in [-0.4, -0.2) is 67.6 Å². The van der Waals surface area contributed by atoms with Crippen LogP contribution in [0.5, 0.6) is 0 Å². The molecule has 1 saturated carbocycles. The van der Waals surface area contributed by atoms with Crippen molar-refractivity contribution in [2.75, 3.05) is 32.6 Å². The highest BCUT2D eigenvalue weighted by Gasteiger charge is 2.33. The molecule has 3 heterocycles. The summed E-state index contributed by atoms with van der Waals surface area (Å²) in [6.45, 7) is 4.02. The lowest BCUT2D eigenvalue weighted by Crippen LogP contribution is -2.37. The van der Waals surface area contributed by atoms with Crippen molar-refractivity contribution in [2.24, 2.45) is 5.92 Å². The molecule has 0 spiro atoms. The fraction of sp³-hybridized carbons (Fsp3) is 0.842. The van der Waals surface area contributed by atoms with E-state index in [1.54, 1.807) is 13.3 Å². The first-order valence-corrected chi connectivity index (χ1v) is 11.8. The summed E-state index contributed by atoms with van der Waals surface area (Å²) in [5, 5.41) is 0.242. The molecule has 0 amide bonds. The number of nitrogens with zero attached hydrogens (tertiary/aromatic N) is 3. The summed E-state index contributed by atoms with van der Waals surface area (Å²) < 4.78 is 39.0. The van der Waals surface area contributed by atoms with Gasteiger partial charge in [0, 0.05) is 33.4 Å². The maximum Gasteiger partial charge on any atom is 0.227 e. The van der Waals surface area contributed by atoms with Crippen molar-refractivity contribution in [1.82, 2.24) is 14.5 Å². The van der Waals surface area contributed by atoms with Gasteiger partial charge in [0.2, 0.25) is 15.0 Å². The number of rotatable bonds is 8. The number of ether oxygens (including phenoxy) is 2. The van der Waals surface area contributed by atoms with Gasteiger partial charge in [-0.2, -0.15) is 0 Å². The predicted octanol–water partition coefficient (Wildman–Crippen LogP) is 1.86. The van der Waals surface area contributed by atoms with Gasteiger partial charge < -0.3 is 14.0 Å². The van der Waals surface area contributed by atoms with Gasteiger partial charge in [-0.05, 0) is 44.4 Å². The molecule has 1 aromatic rings. The first-order valence-electron chi connectivity index (χ1n) is 10.2. The number of hydrogen-bond acceptors (Lipinski definition) is 6. The Hall–Kier alpha value is -0.960. The van der Waals surface area contributed by atoms with Gasteiger partial charge in [-0.15, -0.1) is 0 Å². The van der Waals surface area contributed by atoms with Crippen LogP contribution in [0.2, 0.25) is 0 Å². The van der Waals surface area contributed by atoms with Crippen molar-refractivity contribution in [1.29, 1.82) is 0 Å². The van der Waals surface area contributed by atoms with Gasteiger partial charge in [0.1, 0.15) is 0 Å².